The molecule has 0 bridgehead atoms. The zero-order valence-corrected chi connectivity index (χ0v) is 16.9. The predicted molar refractivity (Wildman–Crippen MR) is 109 cm³/mol. The molecule has 2 aliphatic rings. The number of unbranched alkanes of at least 4 members (excludes halogenated alkanes) is 1. The Labute approximate surface area is 174 Å². The highest BCUT2D eigenvalue weighted by Gasteiger charge is 2.62. The molecule has 0 fully saturated rings. The summed E-state index contributed by atoms with van der Waals surface area (Å²) in [6.45, 7) is 7.03. The van der Waals surface area contributed by atoms with E-state index in [9.17, 15) is 14.4 Å². The number of nitrogens with one attached hydrogen (secondary N) is 1. The zero-order chi connectivity index (χ0) is 21.9. The standard InChI is InChI=1S/C22H24N2O6/c1-4-6-12-29-20(26)17-18(23)24-15-10-8-7-9-14(15)22(17)16(13(3)30-21(22)27)19(25)28-11-5-2/h5,7-10,24H,2,4,6,11-12,23H2,1,3H3/t22-/m0/s1. The number of nitrogens with two attached hydrogens (primary N) is 1. The number of carbonyl (C=O) groups excluding carboxylic acids is 3. The van der Waals surface area contributed by atoms with Crippen molar-refractivity contribution in [1.29, 1.82) is 0 Å². The van der Waals surface area contributed by atoms with Gasteiger partial charge in [0.1, 0.15) is 29.3 Å². The highest BCUT2D eigenvalue weighted by atomic mass is 16.6. The molecule has 0 saturated heterocycles. The first-order valence-electron chi connectivity index (χ1n) is 9.65. The second kappa shape index (κ2) is 8.44. The molecule has 3 N–H and O–H groups in total. The average molecular weight is 412 g/mol. The molecular formula is C22H24N2O6. The van der Waals surface area contributed by atoms with Gasteiger partial charge >= 0.3 is 17.9 Å². The van der Waals surface area contributed by atoms with E-state index in [1.165, 1.54) is 13.0 Å². The summed E-state index contributed by atoms with van der Waals surface area (Å²) >= 11 is 0. The number of cyclic esters (lactones) is 1. The molecule has 8 heteroatoms. The molecule has 1 aromatic rings. The Morgan fingerprint density at radius 1 is 1.23 bits per heavy atom. The maximum atomic E-state index is 13.3. The minimum Gasteiger partial charge on any atom is -0.462 e. The SMILES string of the molecule is C=CCOC(=O)C1=C(C)OC(=O)[C@]12C(C(=O)OCCCC)=C(N)Nc1ccccc12. The van der Waals surface area contributed by atoms with Crippen molar-refractivity contribution < 1.29 is 28.6 Å². The predicted octanol–water partition coefficient (Wildman–Crippen LogP) is 2.42. The number of hydrogen-bond acceptors (Lipinski definition) is 8. The summed E-state index contributed by atoms with van der Waals surface area (Å²) in [5.41, 5.74) is 4.84. The fraction of sp³-hybridized carbons (Fsp3) is 0.318. The Hall–Kier alpha value is -3.55. The fourth-order valence-corrected chi connectivity index (χ4v) is 3.72. The van der Waals surface area contributed by atoms with Gasteiger partial charge in [-0.25, -0.2) is 14.4 Å². The number of ether oxygens (including phenoxy) is 3. The van der Waals surface area contributed by atoms with E-state index in [1.807, 2.05) is 6.92 Å². The van der Waals surface area contributed by atoms with Crippen LogP contribution >= 0.6 is 0 Å². The summed E-state index contributed by atoms with van der Waals surface area (Å²) in [5.74, 6) is -2.47. The third-order valence-electron chi connectivity index (χ3n) is 5.00. The summed E-state index contributed by atoms with van der Waals surface area (Å²) in [4.78, 5) is 39.4. The van der Waals surface area contributed by atoms with Gasteiger partial charge in [-0.2, -0.15) is 0 Å². The van der Waals surface area contributed by atoms with Crippen LogP contribution in [0.4, 0.5) is 5.69 Å². The van der Waals surface area contributed by atoms with Crippen LogP contribution in [0.15, 0.2) is 59.6 Å². The largest absolute Gasteiger partial charge is 0.462 e. The van der Waals surface area contributed by atoms with Crippen LogP contribution in [0.25, 0.3) is 0 Å². The molecule has 0 aliphatic carbocycles. The van der Waals surface area contributed by atoms with Crippen LogP contribution in [-0.4, -0.2) is 31.1 Å². The monoisotopic (exact) mass is 412 g/mol. The van der Waals surface area contributed by atoms with Crippen LogP contribution in [0.2, 0.25) is 0 Å². The fourth-order valence-electron chi connectivity index (χ4n) is 3.72. The average Bonchev–Trinajstić information content (AvgIpc) is 2.96. The Kier molecular flexibility index (Phi) is 5.96. The van der Waals surface area contributed by atoms with Crippen molar-refractivity contribution >= 4 is 23.6 Å². The number of fused-ring (bicyclic) bond motifs is 2. The Morgan fingerprint density at radius 2 is 1.93 bits per heavy atom. The van der Waals surface area contributed by atoms with Gasteiger partial charge < -0.3 is 25.3 Å². The normalized spacial score (nSPS) is 19.9. The van der Waals surface area contributed by atoms with E-state index >= 15 is 0 Å². The molecule has 2 aliphatic heterocycles. The second-order valence-corrected chi connectivity index (χ2v) is 6.91. The van der Waals surface area contributed by atoms with E-state index in [1.54, 1.807) is 24.3 Å². The van der Waals surface area contributed by atoms with Crippen LogP contribution in [-0.2, 0) is 34.0 Å². The first-order chi connectivity index (χ1) is 14.4. The molecule has 0 unspecified atom stereocenters. The van der Waals surface area contributed by atoms with E-state index < -0.39 is 23.3 Å². The van der Waals surface area contributed by atoms with Gasteiger partial charge in [0.15, 0.2) is 5.41 Å². The summed E-state index contributed by atoms with van der Waals surface area (Å²) in [6, 6.07) is 6.76. The summed E-state index contributed by atoms with van der Waals surface area (Å²) in [7, 11) is 0. The molecule has 1 spiro atoms. The highest BCUT2D eigenvalue weighted by molar-refractivity contribution is 6.15. The lowest BCUT2D eigenvalue weighted by Crippen LogP contribution is -2.47. The van der Waals surface area contributed by atoms with Crippen molar-refractivity contribution in [3.8, 4) is 0 Å². The first kappa shape index (κ1) is 21.2. The van der Waals surface area contributed by atoms with Gasteiger partial charge in [-0.1, -0.05) is 44.2 Å². The molecule has 1 aromatic carbocycles. The second-order valence-electron chi connectivity index (χ2n) is 6.91. The number of hydrogen-bond donors (Lipinski definition) is 2. The number of esters is 3. The van der Waals surface area contributed by atoms with E-state index in [0.717, 1.165) is 6.42 Å². The molecular weight excluding hydrogens is 388 g/mol. The first-order valence-corrected chi connectivity index (χ1v) is 9.65. The Balaban J connectivity index is 2.24. The van der Waals surface area contributed by atoms with Crippen LogP contribution in [0, 0.1) is 0 Å². The molecule has 0 aromatic heterocycles. The molecule has 2 heterocycles. The molecule has 1 atom stereocenters. The van der Waals surface area contributed by atoms with E-state index in [-0.39, 0.29) is 35.9 Å². The van der Waals surface area contributed by atoms with Gasteiger partial charge in [0.05, 0.1) is 6.61 Å². The quantitative estimate of drug-likeness (QED) is 0.304. The number of rotatable bonds is 7. The van der Waals surface area contributed by atoms with Crippen molar-refractivity contribution in [2.24, 2.45) is 5.73 Å². The lowest BCUT2D eigenvalue weighted by Gasteiger charge is -2.35. The van der Waals surface area contributed by atoms with Crippen molar-refractivity contribution in [2.75, 3.05) is 18.5 Å². The summed E-state index contributed by atoms with van der Waals surface area (Å²) in [6.07, 6.45) is 2.86. The minimum atomic E-state index is -1.89. The maximum absolute atomic E-state index is 13.3. The van der Waals surface area contributed by atoms with Crippen molar-refractivity contribution in [3.63, 3.8) is 0 Å². The molecule has 3 rings (SSSR count). The van der Waals surface area contributed by atoms with Gasteiger partial charge in [-0.05, 0) is 19.4 Å². The Morgan fingerprint density at radius 3 is 2.63 bits per heavy atom. The number of anilines is 1. The van der Waals surface area contributed by atoms with Gasteiger partial charge in [0, 0.05) is 11.3 Å². The molecule has 30 heavy (non-hydrogen) atoms. The van der Waals surface area contributed by atoms with Gasteiger partial charge in [0.25, 0.3) is 0 Å². The molecule has 0 amide bonds. The van der Waals surface area contributed by atoms with Crippen LogP contribution in [0.5, 0.6) is 0 Å². The topological polar surface area (TPSA) is 117 Å². The number of allylic oxidation sites excluding steroid dienone is 1. The van der Waals surface area contributed by atoms with Gasteiger partial charge in [-0.15, -0.1) is 0 Å². The lowest BCUT2D eigenvalue weighted by molar-refractivity contribution is -0.147. The molecule has 0 saturated carbocycles. The van der Waals surface area contributed by atoms with Crippen molar-refractivity contribution in [2.45, 2.75) is 32.1 Å². The lowest BCUT2D eigenvalue weighted by atomic mass is 9.67. The number of para-hydroxylation sites is 1. The summed E-state index contributed by atoms with van der Waals surface area (Å²) in [5, 5.41) is 2.93. The minimum absolute atomic E-state index is 0.0393. The van der Waals surface area contributed by atoms with Crippen LogP contribution in [0.3, 0.4) is 0 Å². The van der Waals surface area contributed by atoms with Crippen molar-refractivity contribution in [3.05, 3.63) is 65.2 Å². The number of benzene rings is 1. The highest BCUT2D eigenvalue weighted by Crippen LogP contribution is 2.52. The van der Waals surface area contributed by atoms with E-state index in [0.29, 0.717) is 17.7 Å². The zero-order valence-electron chi connectivity index (χ0n) is 16.9. The molecule has 0 radical (unpaired) electrons. The molecule has 158 valence electrons. The van der Waals surface area contributed by atoms with Crippen LogP contribution in [0.1, 0.15) is 32.3 Å². The van der Waals surface area contributed by atoms with Crippen molar-refractivity contribution in [1.82, 2.24) is 0 Å². The smallest absolute Gasteiger partial charge is 0.339 e. The van der Waals surface area contributed by atoms with E-state index in [4.69, 9.17) is 19.9 Å². The third-order valence-corrected chi connectivity index (χ3v) is 5.00. The Bertz CT molecular complexity index is 978. The summed E-state index contributed by atoms with van der Waals surface area (Å²) < 4.78 is 16.0. The molecule has 8 nitrogen and oxygen atoms in total. The van der Waals surface area contributed by atoms with Gasteiger partial charge in [-0.3, -0.25) is 0 Å². The third kappa shape index (κ3) is 3.24. The maximum Gasteiger partial charge on any atom is 0.339 e. The van der Waals surface area contributed by atoms with Crippen LogP contribution < -0.4 is 11.1 Å². The van der Waals surface area contributed by atoms with Gasteiger partial charge in [0.2, 0.25) is 0 Å². The number of carbonyl (C=O) groups is 3. The van der Waals surface area contributed by atoms with E-state index in [2.05, 4.69) is 11.9 Å².